The molecule has 1 atom stereocenters. The molecule has 1 N–H and O–H groups in total. The van der Waals surface area contributed by atoms with Crippen LogP contribution in [0.2, 0.25) is 0 Å². The van der Waals surface area contributed by atoms with Crippen LogP contribution in [-0.2, 0) is 11.3 Å². The number of amides is 2. The van der Waals surface area contributed by atoms with Crippen LogP contribution in [0.1, 0.15) is 40.9 Å². The normalized spacial score (nSPS) is 13.1. The Morgan fingerprint density at radius 3 is 2.22 bits per heavy atom. The number of benzene rings is 3. The van der Waals surface area contributed by atoms with E-state index in [0.29, 0.717) is 47.2 Å². The highest BCUT2D eigenvalue weighted by Crippen LogP contribution is 2.43. The molecule has 0 bridgehead atoms. The van der Waals surface area contributed by atoms with Gasteiger partial charge in [-0.2, -0.15) is 0 Å². The van der Waals surface area contributed by atoms with Crippen molar-refractivity contribution in [3.8, 4) is 23.0 Å². The summed E-state index contributed by atoms with van der Waals surface area (Å²) in [6.45, 7) is 2.87. The molecule has 0 aliphatic carbocycles. The highest BCUT2D eigenvalue weighted by Gasteiger charge is 2.35. The second kappa shape index (κ2) is 11.0. The first-order valence-corrected chi connectivity index (χ1v) is 11.7. The van der Waals surface area contributed by atoms with Gasteiger partial charge in [0.25, 0.3) is 5.91 Å². The molecule has 0 saturated heterocycles. The fourth-order valence-corrected chi connectivity index (χ4v) is 4.42. The Bertz CT molecular complexity index is 1220. The molecule has 8 heteroatoms. The molecule has 3 aromatic carbocycles. The summed E-state index contributed by atoms with van der Waals surface area (Å²) in [5, 5.41) is 2.93. The van der Waals surface area contributed by atoms with Crippen molar-refractivity contribution in [3.05, 3.63) is 77.4 Å². The number of methoxy groups -OCH3 is 3. The van der Waals surface area contributed by atoms with E-state index in [-0.39, 0.29) is 18.2 Å². The highest BCUT2D eigenvalue weighted by atomic mass is 16.5. The summed E-state index contributed by atoms with van der Waals surface area (Å²) >= 11 is 0. The summed E-state index contributed by atoms with van der Waals surface area (Å²) in [6, 6.07) is 17.7. The summed E-state index contributed by atoms with van der Waals surface area (Å²) in [4.78, 5) is 28.3. The number of carbonyl (C=O) groups excluding carboxylic acids is 2. The van der Waals surface area contributed by atoms with Crippen LogP contribution in [0.25, 0.3) is 0 Å². The van der Waals surface area contributed by atoms with Gasteiger partial charge in [0.05, 0.1) is 40.4 Å². The molecular weight excluding hydrogens is 460 g/mol. The fourth-order valence-electron chi connectivity index (χ4n) is 4.42. The zero-order chi connectivity index (χ0) is 25.7. The third kappa shape index (κ3) is 5.07. The van der Waals surface area contributed by atoms with Gasteiger partial charge in [-0.3, -0.25) is 9.59 Å². The van der Waals surface area contributed by atoms with E-state index in [1.807, 2.05) is 31.2 Å². The Morgan fingerprint density at radius 2 is 1.64 bits per heavy atom. The summed E-state index contributed by atoms with van der Waals surface area (Å²) in [5.41, 5.74) is 2.91. The number of hydrogen-bond donors (Lipinski definition) is 1. The highest BCUT2D eigenvalue weighted by molar-refractivity contribution is 5.99. The van der Waals surface area contributed by atoms with E-state index in [0.717, 1.165) is 11.3 Å². The van der Waals surface area contributed by atoms with Crippen molar-refractivity contribution in [3.63, 3.8) is 0 Å². The smallest absolute Gasteiger partial charge is 0.255 e. The topological polar surface area (TPSA) is 86.3 Å². The predicted octanol–water partition coefficient (Wildman–Crippen LogP) is 4.84. The maximum atomic E-state index is 13.4. The number of nitrogens with zero attached hydrogens (tertiary/aromatic N) is 1. The van der Waals surface area contributed by atoms with Crippen LogP contribution >= 0.6 is 0 Å². The summed E-state index contributed by atoms with van der Waals surface area (Å²) in [6.07, 6.45) is 0.0333. The molecule has 2 amide bonds. The number of nitrogens with one attached hydrogen (secondary N) is 1. The van der Waals surface area contributed by atoms with Gasteiger partial charge in [-0.1, -0.05) is 18.2 Å². The first-order valence-electron chi connectivity index (χ1n) is 11.7. The standard InChI is InChI=1S/C28H30N2O6/c1-5-36-21-12-10-20(11-13-21)29-26(31)16-23(30-17-18-8-6-7-9-22(18)28(30)32)19-14-24(33-2)27(35-4)25(15-19)34-3/h6-15,23H,5,16-17H2,1-4H3,(H,29,31). The number of anilines is 1. The average molecular weight is 491 g/mol. The van der Waals surface area contributed by atoms with E-state index in [9.17, 15) is 9.59 Å². The number of carbonyl (C=O) groups is 2. The van der Waals surface area contributed by atoms with Crippen LogP contribution in [-0.4, -0.2) is 44.7 Å². The molecule has 0 radical (unpaired) electrons. The summed E-state index contributed by atoms with van der Waals surface area (Å²) in [7, 11) is 4.60. The van der Waals surface area contributed by atoms with Crippen LogP contribution in [0.3, 0.4) is 0 Å². The van der Waals surface area contributed by atoms with Gasteiger partial charge >= 0.3 is 0 Å². The Morgan fingerprint density at radius 1 is 0.972 bits per heavy atom. The minimum absolute atomic E-state index is 0.0333. The van der Waals surface area contributed by atoms with Crippen LogP contribution in [0.15, 0.2) is 60.7 Å². The van der Waals surface area contributed by atoms with E-state index in [1.54, 1.807) is 41.3 Å². The van der Waals surface area contributed by atoms with Gasteiger partial charge in [-0.25, -0.2) is 0 Å². The molecule has 36 heavy (non-hydrogen) atoms. The molecule has 3 aromatic rings. The van der Waals surface area contributed by atoms with Crippen molar-refractivity contribution in [2.24, 2.45) is 0 Å². The zero-order valence-corrected chi connectivity index (χ0v) is 20.9. The quantitative estimate of drug-likeness (QED) is 0.438. The lowest BCUT2D eigenvalue weighted by Crippen LogP contribution is -2.32. The lowest BCUT2D eigenvalue weighted by atomic mass is 10.00. The lowest BCUT2D eigenvalue weighted by Gasteiger charge is -2.29. The van der Waals surface area contributed by atoms with Gasteiger partial charge in [-0.05, 0) is 60.5 Å². The largest absolute Gasteiger partial charge is 0.494 e. The van der Waals surface area contributed by atoms with Gasteiger partial charge in [0, 0.05) is 17.8 Å². The maximum absolute atomic E-state index is 13.4. The third-order valence-corrected chi connectivity index (χ3v) is 6.13. The van der Waals surface area contributed by atoms with E-state index in [1.165, 1.54) is 21.3 Å². The van der Waals surface area contributed by atoms with Crippen LogP contribution in [0.5, 0.6) is 23.0 Å². The number of hydrogen-bond acceptors (Lipinski definition) is 6. The molecule has 0 saturated carbocycles. The first-order chi connectivity index (χ1) is 17.5. The van der Waals surface area contributed by atoms with Crippen molar-refractivity contribution < 1.29 is 28.5 Å². The molecule has 188 valence electrons. The predicted molar refractivity (Wildman–Crippen MR) is 136 cm³/mol. The van der Waals surface area contributed by atoms with Crippen LogP contribution in [0.4, 0.5) is 5.69 Å². The molecular formula is C28H30N2O6. The molecule has 1 aliphatic rings. The van der Waals surface area contributed by atoms with Crippen molar-refractivity contribution in [2.45, 2.75) is 25.9 Å². The summed E-state index contributed by atoms with van der Waals surface area (Å²) in [5.74, 6) is 1.71. The third-order valence-electron chi connectivity index (χ3n) is 6.13. The van der Waals surface area contributed by atoms with Crippen LogP contribution in [0, 0.1) is 0 Å². The Balaban J connectivity index is 1.66. The molecule has 1 unspecified atom stereocenters. The summed E-state index contributed by atoms with van der Waals surface area (Å²) < 4.78 is 22.0. The fraction of sp³-hybridized carbons (Fsp3) is 0.286. The minimum atomic E-state index is -0.568. The number of ether oxygens (including phenoxy) is 4. The molecule has 4 rings (SSSR count). The van der Waals surface area contributed by atoms with Gasteiger partial charge in [0.1, 0.15) is 5.75 Å². The number of fused-ring (bicyclic) bond motifs is 1. The maximum Gasteiger partial charge on any atom is 0.255 e. The monoisotopic (exact) mass is 490 g/mol. The molecule has 1 aliphatic heterocycles. The van der Waals surface area contributed by atoms with Gasteiger partial charge in [0.2, 0.25) is 11.7 Å². The van der Waals surface area contributed by atoms with Crippen molar-refractivity contribution in [2.75, 3.05) is 33.3 Å². The van der Waals surface area contributed by atoms with E-state index < -0.39 is 6.04 Å². The Labute approximate surface area is 210 Å². The molecule has 1 heterocycles. The zero-order valence-electron chi connectivity index (χ0n) is 20.9. The molecule has 8 nitrogen and oxygen atoms in total. The first kappa shape index (κ1) is 24.9. The second-order valence-electron chi connectivity index (χ2n) is 8.27. The Kier molecular flexibility index (Phi) is 7.63. The average Bonchev–Trinajstić information content (AvgIpc) is 3.23. The lowest BCUT2D eigenvalue weighted by molar-refractivity contribution is -0.117. The molecule has 0 spiro atoms. The van der Waals surface area contributed by atoms with Gasteiger partial charge < -0.3 is 29.2 Å². The van der Waals surface area contributed by atoms with Crippen molar-refractivity contribution >= 4 is 17.5 Å². The Hall–Kier alpha value is -4.20. The molecule has 0 fully saturated rings. The second-order valence-corrected chi connectivity index (χ2v) is 8.27. The van der Waals surface area contributed by atoms with E-state index in [2.05, 4.69) is 5.32 Å². The minimum Gasteiger partial charge on any atom is -0.494 e. The van der Waals surface area contributed by atoms with Gasteiger partial charge in [0.15, 0.2) is 11.5 Å². The van der Waals surface area contributed by atoms with Crippen molar-refractivity contribution in [1.82, 2.24) is 4.90 Å². The van der Waals surface area contributed by atoms with Crippen LogP contribution < -0.4 is 24.3 Å². The van der Waals surface area contributed by atoms with E-state index in [4.69, 9.17) is 18.9 Å². The SMILES string of the molecule is CCOc1ccc(NC(=O)CC(c2cc(OC)c(OC)c(OC)c2)N2Cc3ccccc3C2=O)cc1. The van der Waals surface area contributed by atoms with Crippen molar-refractivity contribution in [1.29, 1.82) is 0 Å². The molecule has 0 aromatic heterocycles. The van der Waals surface area contributed by atoms with Gasteiger partial charge in [-0.15, -0.1) is 0 Å². The number of rotatable bonds is 10. The van der Waals surface area contributed by atoms with E-state index >= 15 is 0 Å².